The first-order chi connectivity index (χ1) is 11.3. The van der Waals surface area contributed by atoms with Gasteiger partial charge in [0.1, 0.15) is 0 Å². The van der Waals surface area contributed by atoms with Crippen molar-refractivity contribution in [2.45, 2.75) is 6.54 Å². The Bertz CT molecular complexity index is 781. The Balaban J connectivity index is 1.54. The SMILES string of the molecule is O=C(C=Cc1cccnc1)NCc1ccc(-c2nn[nH]n2)cc1. The zero-order chi connectivity index (χ0) is 15.9. The van der Waals surface area contributed by atoms with E-state index in [1.54, 1.807) is 18.5 Å². The first-order valence-corrected chi connectivity index (χ1v) is 7.00. The van der Waals surface area contributed by atoms with Crippen molar-refractivity contribution in [1.29, 1.82) is 0 Å². The van der Waals surface area contributed by atoms with Gasteiger partial charge in [-0.05, 0) is 28.5 Å². The molecule has 2 heterocycles. The molecule has 0 saturated carbocycles. The molecule has 1 aromatic carbocycles. The summed E-state index contributed by atoms with van der Waals surface area (Å²) in [5.41, 5.74) is 2.73. The highest BCUT2D eigenvalue weighted by molar-refractivity contribution is 5.91. The Hall–Kier alpha value is -3.35. The van der Waals surface area contributed by atoms with Gasteiger partial charge in [0, 0.05) is 30.6 Å². The highest BCUT2D eigenvalue weighted by Crippen LogP contribution is 2.13. The van der Waals surface area contributed by atoms with Gasteiger partial charge in [0.2, 0.25) is 11.7 Å². The van der Waals surface area contributed by atoms with E-state index in [0.29, 0.717) is 12.4 Å². The summed E-state index contributed by atoms with van der Waals surface area (Å²) in [7, 11) is 0. The van der Waals surface area contributed by atoms with E-state index in [-0.39, 0.29) is 5.91 Å². The van der Waals surface area contributed by atoms with Crippen LogP contribution >= 0.6 is 0 Å². The van der Waals surface area contributed by atoms with Crippen LogP contribution in [0.3, 0.4) is 0 Å². The molecule has 0 spiro atoms. The van der Waals surface area contributed by atoms with Crippen LogP contribution in [0.2, 0.25) is 0 Å². The molecule has 0 unspecified atom stereocenters. The first-order valence-electron chi connectivity index (χ1n) is 7.00. The smallest absolute Gasteiger partial charge is 0.244 e. The van der Waals surface area contributed by atoms with Crippen molar-refractivity contribution in [2.24, 2.45) is 0 Å². The highest BCUT2D eigenvalue weighted by Gasteiger charge is 2.03. The van der Waals surface area contributed by atoms with E-state index < -0.39 is 0 Å². The summed E-state index contributed by atoms with van der Waals surface area (Å²) in [5, 5.41) is 16.6. The molecule has 3 aromatic rings. The molecule has 0 fully saturated rings. The lowest BCUT2D eigenvalue weighted by atomic mass is 10.1. The molecule has 0 bridgehead atoms. The summed E-state index contributed by atoms with van der Waals surface area (Å²) in [6, 6.07) is 11.3. The monoisotopic (exact) mass is 306 g/mol. The third kappa shape index (κ3) is 4.07. The van der Waals surface area contributed by atoms with Crippen LogP contribution in [0.15, 0.2) is 54.9 Å². The maximum absolute atomic E-state index is 11.8. The van der Waals surface area contributed by atoms with Gasteiger partial charge in [-0.1, -0.05) is 30.3 Å². The van der Waals surface area contributed by atoms with Crippen LogP contribution in [-0.4, -0.2) is 31.5 Å². The number of aromatic nitrogens is 5. The van der Waals surface area contributed by atoms with Crippen LogP contribution in [0.1, 0.15) is 11.1 Å². The Kier molecular flexibility index (Phi) is 4.49. The van der Waals surface area contributed by atoms with E-state index in [4.69, 9.17) is 0 Å². The number of carbonyl (C=O) groups is 1. The Morgan fingerprint density at radius 1 is 1.22 bits per heavy atom. The number of H-pyrrole nitrogens is 1. The summed E-state index contributed by atoms with van der Waals surface area (Å²) in [4.78, 5) is 15.8. The first kappa shape index (κ1) is 14.6. The third-order valence-electron chi connectivity index (χ3n) is 3.14. The summed E-state index contributed by atoms with van der Waals surface area (Å²) >= 11 is 0. The minimum atomic E-state index is -0.156. The zero-order valence-corrected chi connectivity index (χ0v) is 12.2. The highest BCUT2D eigenvalue weighted by atomic mass is 16.1. The van der Waals surface area contributed by atoms with E-state index in [1.165, 1.54) is 6.08 Å². The zero-order valence-electron chi connectivity index (χ0n) is 12.2. The van der Waals surface area contributed by atoms with Crippen LogP contribution in [0.25, 0.3) is 17.5 Å². The van der Waals surface area contributed by atoms with Crippen LogP contribution in [0.5, 0.6) is 0 Å². The van der Waals surface area contributed by atoms with E-state index in [0.717, 1.165) is 16.7 Å². The van der Waals surface area contributed by atoms with Gasteiger partial charge in [0.05, 0.1) is 0 Å². The minimum Gasteiger partial charge on any atom is -0.348 e. The van der Waals surface area contributed by atoms with Gasteiger partial charge in [0.25, 0.3) is 0 Å². The molecule has 7 heteroatoms. The lowest BCUT2D eigenvalue weighted by Gasteiger charge is -2.03. The summed E-state index contributed by atoms with van der Waals surface area (Å²) in [6.45, 7) is 0.447. The molecule has 2 N–H and O–H groups in total. The molecule has 0 aliphatic carbocycles. The maximum Gasteiger partial charge on any atom is 0.244 e. The quantitative estimate of drug-likeness (QED) is 0.698. The average molecular weight is 306 g/mol. The topological polar surface area (TPSA) is 96.5 Å². The van der Waals surface area contributed by atoms with Gasteiger partial charge >= 0.3 is 0 Å². The fourth-order valence-electron chi connectivity index (χ4n) is 1.95. The molecule has 23 heavy (non-hydrogen) atoms. The van der Waals surface area contributed by atoms with E-state index in [9.17, 15) is 4.79 Å². The molecule has 7 nitrogen and oxygen atoms in total. The predicted octanol–water partition coefficient (Wildman–Crippen LogP) is 1.59. The van der Waals surface area contributed by atoms with Crippen LogP contribution in [0, 0.1) is 0 Å². The molecule has 3 rings (SSSR count). The van der Waals surface area contributed by atoms with E-state index in [2.05, 4.69) is 30.9 Å². The predicted molar refractivity (Wildman–Crippen MR) is 84.7 cm³/mol. The van der Waals surface area contributed by atoms with Crippen LogP contribution in [-0.2, 0) is 11.3 Å². The molecule has 0 saturated heterocycles. The standard InChI is InChI=1S/C16H14N6O/c23-15(8-5-12-2-1-9-17-10-12)18-11-13-3-6-14(7-4-13)16-19-21-22-20-16/h1-10H,11H2,(H,18,23)(H,19,20,21,22). The number of rotatable bonds is 5. The Labute approximate surface area is 132 Å². The average Bonchev–Trinajstić information content (AvgIpc) is 3.14. The molecule has 0 radical (unpaired) electrons. The van der Waals surface area contributed by atoms with Crippen molar-refractivity contribution in [3.8, 4) is 11.4 Å². The van der Waals surface area contributed by atoms with E-state index >= 15 is 0 Å². The summed E-state index contributed by atoms with van der Waals surface area (Å²) in [6.07, 6.45) is 6.60. The lowest BCUT2D eigenvalue weighted by Crippen LogP contribution is -2.20. The molecular formula is C16H14N6O. The molecule has 0 aliphatic heterocycles. The second-order valence-electron chi connectivity index (χ2n) is 4.77. The van der Waals surface area contributed by atoms with Crippen LogP contribution in [0.4, 0.5) is 0 Å². The van der Waals surface area contributed by atoms with Gasteiger partial charge in [-0.25, -0.2) is 0 Å². The molecule has 1 amide bonds. The third-order valence-corrected chi connectivity index (χ3v) is 3.14. The number of amides is 1. The fourth-order valence-corrected chi connectivity index (χ4v) is 1.95. The molecule has 0 atom stereocenters. The molecule has 2 aromatic heterocycles. The summed E-state index contributed by atoms with van der Waals surface area (Å²) in [5.74, 6) is 0.385. The molecular weight excluding hydrogens is 292 g/mol. The van der Waals surface area contributed by atoms with Gasteiger partial charge in [-0.15, -0.1) is 10.2 Å². The normalized spacial score (nSPS) is 10.8. The number of carbonyl (C=O) groups excluding carboxylic acids is 1. The van der Waals surface area contributed by atoms with Crippen molar-refractivity contribution in [3.63, 3.8) is 0 Å². The molecule has 0 aliphatic rings. The Morgan fingerprint density at radius 3 is 2.78 bits per heavy atom. The number of nitrogens with zero attached hydrogens (tertiary/aromatic N) is 4. The van der Waals surface area contributed by atoms with Crippen molar-refractivity contribution < 1.29 is 4.79 Å². The number of benzene rings is 1. The number of pyridine rings is 1. The number of aromatic amines is 1. The van der Waals surface area contributed by atoms with Gasteiger partial charge in [-0.2, -0.15) is 5.21 Å². The van der Waals surface area contributed by atoms with Gasteiger partial charge in [0.15, 0.2) is 0 Å². The largest absolute Gasteiger partial charge is 0.348 e. The molecule has 114 valence electrons. The van der Waals surface area contributed by atoms with Gasteiger partial charge in [-0.3, -0.25) is 9.78 Å². The van der Waals surface area contributed by atoms with E-state index in [1.807, 2.05) is 36.4 Å². The number of nitrogens with one attached hydrogen (secondary N) is 2. The number of hydrogen-bond donors (Lipinski definition) is 2. The van der Waals surface area contributed by atoms with Crippen molar-refractivity contribution in [3.05, 3.63) is 66.0 Å². The summed E-state index contributed by atoms with van der Waals surface area (Å²) < 4.78 is 0. The second kappa shape index (κ2) is 7.08. The second-order valence-corrected chi connectivity index (χ2v) is 4.77. The minimum absolute atomic E-state index is 0.156. The van der Waals surface area contributed by atoms with Crippen LogP contribution < -0.4 is 5.32 Å². The van der Waals surface area contributed by atoms with Crippen molar-refractivity contribution >= 4 is 12.0 Å². The van der Waals surface area contributed by atoms with Crippen molar-refractivity contribution in [2.75, 3.05) is 0 Å². The number of hydrogen-bond acceptors (Lipinski definition) is 5. The Morgan fingerprint density at radius 2 is 2.09 bits per heavy atom. The maximum atomic E-state index is 11.8. The lowest BCUT2D eigenvalue weighted by molar-refractivity contribution is -0.116. The number of tetrazole rings is 1. The van der Waals surface area contributed by atoms with Gasteiger partial charge < -0.3 is 5.32 Å². The fraction of sp³-hybridized carbons (Fsp3) is 0.0625. The van der Waals surface area contributed by atoms with Crippen molar-refractivity contribution in [1.82, 2.24) is 30.9 Å².